The Morgan fingerprint density at radius 2 is 2.04 bits per heavy atom. The minimum atomic E-state index is -0.139. The van der Waals surface area contributed by atoms with Crippen molar-refractivity contribution in [2.75, 3.05) is 26.1 Å². The van der Waals surface area contributed by atoms with Crippen LogP contribution in [0.4, 0.5) is 5.82 Å². The third kappa shape index (κ3) is 2.84. The van der Waals surface area contributed by atoms with Crippen LogP contribution in [0.5, 0.6) is 5.88 Å². The smallest absolute Gasteiger partial charge is 0.330 e. The van der Waals surface area contributed by atoms with Crippen molar-refractivity contribution < 1.29 is 9.47 Å². The number of aryl methyl sites for hydroxylation is 2. The highest BCUT2D eigenvalue weighted by molar-refractivity contribution is 5.84. The summed E-state index contributed by atoms with van der Waals surface area (Å²) in [6, 6.07) is 1.85. The van der Waals surface area contributed by atoms with Crippen LogP contribution in [0.15, 0.2) is 17.1 Å². The second-order valence-corrected chi connectivity index (χ2v) is 6.70. The first-order valence-electron chi connectivity index (χ1n) is 8.84. The molecule has 1 fully saturated rings. The molecule has 9 nitrogen and oxygen atoms in total. The number of nitrogens with zero attached hydrogens (tertiary/aromatic N) is 5. The van der Waals surface area contributed by atoms with Crippen molar-refractivity contribution in [2.45, 2.75) is 25.8 Å². The number of imidazole rings is 1. The van der Waals surface area contributed by atoms with Crippen LogP contribution >= 0.6 is 0 Å². The van der Waals surface area contributed by atoms with Gasteiger partial charge < -0.3 is 15.2 Å². The molecule has 9 heteroatoms. The normalized spacial score (nSPS) is 15.4. The molecule has 0 aliphatic carbocycles. The molecule has 0 aromatic carbocycles. The topological polar surface area (TPSA) is 110 Å². The van der Waals surface area contributed by atoms with Gasteiger partial charge in [-0.2, -0.15) is 0 Å². The lowest BCUT2D eigenvalue weighted by atomic mass is 10.1. The van der Waals surface area contributed by atoms with E-state index in [-0.39, 0.29) is 17.5 Å². The minimum Gasteiger partial charge on any atom is -0.481 e. The fourth-order valence-electron chi connectivity index (χ4n) is 3.57. The lowest BCUT2D eigenvalue weighted by Gasteiger charge is -2.23. The average Bonchev–Trinajstić information content (AvgIpc) is 2.93. The number of anilines is 1. The molecule has 0 saturated carbocycles. The molecule has 0 spiro atoms. The van der Waals surface area contributed by atoms with Gasteiger partial charge in [0.1, 0.15) is 5.52 Å². The van der Waals surface area contributed by atoms with Gasteiger partial charge in [0.2, 0.25) is 5.88 Å². The molecule has 1 aliphatic rings. The van der Waals surface area contributed by atoms with Gasteiger partial charge in [-0.1, -0.05) is 0 Å². The molecule has 0 unspecified atom stereocenters. The molecule has 0 radical (unpaired) electrons. The van der Waals surface area contributed by atoms with Gasteiger partial charge in [-0.25, -0.2) is 19.7 Å². The molecule has 0 amide bonds. The third-order valence-electron chi connectivity index (χ3n) is 5.04. The zero-order chi connectivity index (χ0) is 19.1. The third-order valence-corrected chi connectivity index (χ3v) is 5.04. The van der Waals surface area contributed by atoms with Crippen molar-refractivity contribution in [3.63, 3.8) is 0 Å². The second kappa shape index (κ2) is 6.66. The minimum absolute atomic E-state index is 0.0344. The molecular weight excluding hydrogens is 348 g/mol. The van der Waals surface area contributed by atoms with E-state index in [1.165, 1.54) is 4.57 Å². The van der Waals surface area contributed by atoms with Crippen LogP contribution in [-0.2, 0) is 11.8 Å². The highest BCUT2D eigenvalue weighted by atomic mass is 16.5. The van der Waals surface area contributed by atoms with E-state index < -0.39 is 0 Å². The van der Waals surface area contributed by atoms with Gasteiger partial charge in [-0.3, -0.25) is 9.13 Å². The van der Waals surface area contributed by atoms with Crippen LogP contribution < -0.4 is 16.2 Å². The van der Waals surface area contributed by atoms with Crippen molar-refractivity contribution in [3.8, 4) is 17.3 Å². The van der Waals surface area contributed by atoms with Crippen molar-refractivity contribution in [1.29, 1.82) is 0 Å². The summed E-state index contributed by atoms with van der Waals surface area (Å²) in [5, 5.41) is 0. The fourth-order valence-corrected chi connectivity index (χ4v) is 3.57. The Balaban J connectivity index is 1.93. The molecule has 0 bridgehead atoms. The predicted octanol–water partition coefficient (Wildman–Crippen LogP) is 1.44. The quantitative estimate of drug-likeness (QED) is 0.743. The van der Waals surface area contributed by atoms with Gasteiger partial charge >= 0.3 is 5.69 Å². The first-order chi connectivity index (χ1) is 13.0. The van der Waals surface area contributed by atoms with E-state index in [2.05, 4.69) is 9.97 Å². The number of methoxy groups -OCH3 is 1. The maximum atomic E-state index is 12.9. The van der Waals surface area contributed by atoms with Crippen molar-refractivity contribution in [1.82, 2.24) is 24.1 Å². The Morgan fingerprint density at radius 1 is 1.30 bits per heavy atom. The first-order valence-corrected chi connectivity index (χ1v) is 8.84. The summed E-state index contributed by atoms with van der Waals surface area (Å²) >= 11 is 0. The number of nitrogens with two attached hydrogens (primary N) is 1. The lowest BCUT2D eigenvalue weighted by molar-refractivity contribution is 0.0695. The molecule has 4 heterocycles. The number of pyridine rings is 1. The number of nitrogen functional groups attached to an aromatic ring is 1. The monoisotopic (exact) mass is 370 g/mol. The summed E-state index contributed by atoms with van der Waals surface area (Å²) in [5.74, 6) is 1.24. The average molecular weight is 370 g/mol. The fraction of sp³-hybridized carbons (Fsp3) is 0.444. The zero-order valence-corrected chi connectivity index (χ0v) is 15.6. The van der Waals surface area contributed by atoms with Crippen LogP contribution in [0, 0.1) is 6.92 Å². The standard InChI is InChI=1S/C18H22N6O3/c1-10-8-13(26-3)20-9-12(10)16-21-15(19)14-17(22-16)24(18(25)23(14)2)11-4-6-27-7-5-11/h8-9,11H,4-7H2,1-3H3,(H2,19,21,22). The second-order valence-electron chi connectivity index (χ2n) is 6.70. The molecular formula is C18H22N6O3. The summed E-state index contributed by atoms with van der Waals surface area (Å²) < 4.78 is 13.8. The molecule has 2 N–H and O–H groups in total. The van der Waals surface area contributed by atoms with Crippen molar-refractivity contribution in [2.24, 2.45) is 7.05 Å². The Bertz CT molecular complexity index is 1070. The maximum Gasteiger partial charge on any atom is 0.330 e. The number of ether oxygens (including phenoxy) is 2. The Labute approximate surface area is 155 Å². The zero-order valence-electron chi connectivity index (χ0n) is 15.6. The summed E-state index contributed by atoms with van der Waals surface area (Å²) in [6.45, 7) is 3.19. The molecule has 3 aromatic rings. The van der Waals surface area contributed by atoms with Crippen LogP contribution in [-0.4, -0.2) is 44.4 Å². The number of rotatable bonds is 3. The van der Waals surface area contributed by atoms with Crippen LogP contribution in [0.1, 0.15) is 24.4 Å². The van der Waals surface area contributed by atoms with E-state index in [4.69, 9.17) is 20.2 Å². The lowest BCUT2D eigenvalue weighted by Crippen LogP contribution is -2.30. The Morgan fingerprint density at radius 3 is 2.70 bits per heavy atom. The summed E-state index contributed by atoms with van der Waals surface area (Å²) in [5.41, 5.74) is 8.84. The molecule has 4 rings (SSSR count). The largest absolute Gasteiger partial charge is 0.481 e. The molecule has 0 atom stereocenters. The van der Waals surface area contributed by atoms with E-state index in [9.17, 15) is 4.79 Å². The highest BCUT2D eigenvalue weighted by Gasteiger charge is 2.25. The van der Waals surface area contributed by atoms with Crippen LogP contribution in [0.3, 0.4) is 0 Å². The molecule has 142 valence electrons. The van der Waals surface area contributed by atoms with E-state index in [0.717, 1.165) is 24.0 Å². The van der Waals surface area contributed by atoms with E-state index in [1.807, 2.05) is 13.0 Å². The molecule has 27 heavy (non-hydrogen) atoms. The number of hydrogen-bond donors (Lipinski definition) is 1. The summed E-state index contributed by atoms with van der Waals surface area (Å²) in [4.78, 5) is 26.3. The van der Waals surface area contributed by atoms with Crippen LogP contribution in [0.25, 0.3) is 22.6 Å². The molecule has 1 saturated heterocycles. The van der Waals surface area contributed by atoms with E-state index >= 15 is 0 Å². The van der Waals surface area contributed by atoms with Gasteiger partial charge in [0.15, 0.2) is 17.3 Å². The predicted molar refractivity (Wildman–Crippen MR) is 101 cm³/mol. The Kier molecular flexibility index (Phi) is 4.31. The van der Waals surface area contributed by atoms with Crippen molar-refractivity contribution in [3.05, 3.63) is 28.3 Å². The molecule has 1 aliphatic heterocycles. The number of fused-ring (bicyclic) bond motifs is 1. The van der Waals surface area contributed by atoms with Gasteiger partial charge in [0.05, 0.1) is 7.11 Å². The highest BCUT2D eigenvalue weighted by Crippen LogP contribution is 2.29. The van der Waals surface area contributed by atoms with Crippen LogP contribution in [0.2, 0.25) is 0 Å². The van der Waals surface area contributed by atoms with Gasteiger partial charge in [0, 0.05) is 44.1 Å². The first kappa shape index (κ1) is 17.5. The van der Waals surface area contributed by atoms with Gasteiger partial charge in [-0.15, -0.1) is 0 Å². The number of aromatic nitrogens is 5. The maximum absolute atomic E-state index is 12.9. The van der Waals surface area contributed by atoms with E-state index in [0.29, 0.717) is 36.1 Å². The van der Waals surface area contributed by atoms with Gasteiger partial charge in [-0.05, 0) is 25.3 Å². The van der Waals surface area contributed by atoms with Gasteiger partial charge in [0.25, 0.3) is 0 Å². The van der Waals surface area contributed by atoms with Crippen molar-refractivity contribution >= 4 is 17.0 Å². The SMILES string of the molecule is COc1cc(C)c(-c2nc(N)c3c(n2)n(C2CCOCC2)c(=O)n3C)cn1. The number of hydrogen-bond acceptors (Lipinski definition) is 7. The Hall–Kier alpha value is -2.94. The van der Waals surface area contributed by atoms with E-state index in [1.54, 1.807) is 24.9 Å². The summed E-state index contributed by atoms with van der Waals surface area (Å²) in [7, 11) is 3.26. The molecule has 3 aromatic heterocycles. The summed E-state index contributed by atoms with van der Waals surface area (Å²) in [6.07, 6.45) is 3.19.